The molecule has 0 radical (unpaired) electrons. The molecule has 0 spiro atoms. The van der Waals surface area contributed by atoms with Gasteiger partial charge in [-0.05, 0) is 56.7 Å². The largest absolute Gasteiger partial charge is 0.300 e. The summed E-state index contributed by atoms with van der Waals surface area (Å²) in [7, 11) is 0. The molecule has 1 atom stereocenters. The highest BCUT2D eigenvalue weighted by atomic mass is 16.1. The van der Waals surface area contributed by atoms with Crippen LogP contribution in [0.5, 0.6) is 0 Å². The molecule has 0 heterocycles. The molecule has 1 nitrogen and oxygen atoms in total. The number of hydrogen-bond donors (Lipinski definition) is 0. The van der Waals surface area contributed by atoms with Crippen molar-refractivity contribution in [3.63, 3.8) is 0 Å². The molecule has 1 unspecified atom stereocenters. The molecule has 94 valence electrons. The first-order valence-electron chi connectivity index (χ1n) is 6.40. The van der Waals surface area contributed by atoms with Crippen molar-refractivity contribution in [3.05, 3.63) is 34.4 Å². The van der Waals surface area contributed by atoms with E-state index in [1.807, 2.05) is 0 Å². The third-order valence-electron chi connectivity index (χ3n) is 3.59. The lowest BCUT2D eigenvalue weighted by atomic mass is 9.83. The van der Waals surface area contributed by atoms with E-state index in [9.17, 15) is 4.79 Å². The molecule has 0 saturated carbocycles. The van der Waals surface area contributed by atoms with Gasteiger partial charge in [0.25, 0.3) is 0 Å². The van der Waals surface area contributed by atoms with E-state index >= 15 is 0 Å². The normalized spacial score (nSPS) is 12.9. The fourth-order valence-electron chi connectivity index (χ4n) is 2.60. The van der Waals surface area contributed by atoms with Gasteiger partial charge in [-0.25, -0.2) is 0 Å². The number of benzene rings is 1. The van der Waals surface area contributed by atoms with Crippen LogP contribution in [0.1, 0.15) is 43.0 Å². The van der Waals surface area contributed by atoms with Gasteiger partial charge >= 0.3 is 0 Å². The van der Waals surface area contributed by atoms with E-state index in [2.05, 4.69) is 46.8 Å². The van der Waals surface area contributed by atoms with Crippen LogP contribution in [0.3, 0.4) is 0 Å². The summed E-state index contributed by atoms with van der Waals surface area (Å²) in [5.41, 5.74) is 5.28. The minimum absolute atomic E-state index is 0.148. The van der Waals surface area contributed by atoms with Crippen molar-refractivity contribution >= 4 is 5.78 Å². The molecule has 0 aliphatic rings. The summed E-state index contributed by atoms with van der Waals surface area (Å²) in [5, 5.41) is 0. The van der Waals surface area contributed by atoms with Crippen molar-refractivity contribution in [2.75, 3.05) is 0 Å². The lowest BCUT2D eigenvalue weighted by Crippen LogP contribution is -2.21. The number of carbonyl (C=O) groups is 1. The molecule has 1 aromatic carbocycles. The Morgan fingerprint density at radius 3 is 1.94 bits per heavy atom. The van der Waals surface area contributed by atoms with E-state index < -0.39 is 0 Å². The van der Waals surface area contributed by atoms with Crippen LogP contribution in [-0.4, -0.2) is 5.78 Å². The number of hydrogen-bond acceptors (Lipinski definition) is 1. The first-order chi connectivity index (χ1) is 7.82. The van der Waals surface area contributed by atoms with Gasteiger partial charge in [-0.3, -0.25) is 4.79 Å². The van der Waals surface area contributed by atoms with E-state index in [0.29, 0.717) is 11.7 Å². The van der Waals surface area contributed by atoms with Gasteiger partial charge in [0.2, 0.25) is 0 Å². The Balaban J connectivity index is 3.05. The number of rotatable bonds is 4. The van der Waals surface area contributed by atoms with E-state index in [1.165, 1.54) is 22.3 Å². The highest BCUT2D eigenvalue weighted by molar-refractivity contribution is 5.79. The number of aryl methyl sites for hydroxylation is 3. The number of Topliss-reactive ketones (excluding diaryl/α,β-unsaturated/α-hetero) is 1. The molecule has 1 aromatic rings. The van der Waals surface area contributed by atoms with E-state index in [1.54, 1.807) is 6.92 Å². The van der Waals surface area contributed by atoms with Crippen molar-refractivity contribution in [1.29, 1.82) is 0 Å². The minimum Gasteiger partial charge on any atom is -0.300 e. The Hall–Kier alpha value is -1.11. The Morgan fingerprint density at radius 2 is 1.59 bits per heavy atom. The predicted molar refractivity (Wildman–Crippen MR) is 73.4 cm³/mol. The molecule has 0 bridgehead atoms. The third kappa shape index (κ3) is 3.42. The summed E-state index contributed by atoms with van der Waals surface area (Å²) in [4.78, 5) is 11.7. The van der Waals surface area contributed by atoms with Gasteiger partial charge in [0, 0.05) is 5.92 Å². The average Bonchev–Trinajstić information content (AvgIpc) is 2.14. The maximum Gasteiger partial charge on any atom is 0.133 e. The summed E-state index contributed by atoms with van der Waals surface area (Å²) in [6.45, 7) is 12.4. The summed E-state index contributed by atoms with van der Waals surface area (Å²) < 4.78 is 0. The van der Waals surface area contributed by atoms with E-state index in [4.69, 9.17) is 0 Å². The molecule has 0 aliphatic heterocycles. The maximum atomic E-state index is 11.7. The second-order valence-electron chi connectivity index (χ2n) is 5.54. The van der Waals surface area contributed by atoms with Crippen LogP contribution in [0.25, 0.3) is 0 Å². The van der Waals surface area contributed by atoms with Crippen molar-refractivity contribution in [2.24, 2.45) is 11.8 Å². The Morgan fingerprint density at radius 1 is 1.12 bits per heavy atom. The lowest BCUT2D eigenvalue weighted by molar-refractivity contribution is -0.121. The van der Waals surface area contributed by atoms with Crippen molar-refractivity contribution in [2.45, 2.75) is 48.0 Å². The molecule has 0 amide bonds. The van der Waals surface area contributed by atoms with Gasteiger partial charge in [0.15, 0.2) is 0 Å². The quantitative estimate of drug-likeness (QED) is 0.766. The van der Waals surface area contributed by atoms with Crippen LogP contribution >= 0.6 is 0 Å². The zero-order valence-electron chi connectivity index (χ0n) is 11.9. The summed E-state index contributed by atoms with van der Waals surface area (Å²) in [6, 6.07) is 4.42. The molecule has 17 heavy (non-hydrogen) atoms. The van der Waals surface area contributed by atoms with Crippen LogP contribution in [0.15, 0.2) is 12.1 Å². The highest BCUT2D eigenvalue weighted by Gasteiger charge is 2.20. The molecule has 0 N–H and O–H groups in total. The van der Waals surface area contributed by atoms with E-state index in [-0.39, 0.29) is 5.92 Å². The average molecular weight is 232 g/mol. The molecule has 0 aromatic heterocycles. The van der Waals surface area contributed by atoms with Gasteiger partial charge in [-0.15, -0.1) is 0 Å². The van der Waals surface area contributed by atoms with Crippen LogP contribution in [-0.2, 0) is 11.2 Å². The topological polar surface area (TPSA) is 17.1 Å². The fourth-order valence-corrected chi connectivity index (χ4v) is 2.60. The molecule has 0 fully saturated rings. The molecule has 0 aliphatic carbocycles. The molecular weight excluding hydrogens is 208 g/mol. The van der Waals surface area contributed by atoms with E-state index in [0.717, 1.165) is 6.42 Å². The van der Waals surface area contributed by atoms with Gasteiger partial charge in [-0.2, -0.15) is 0 Å². The summed E-state index contributed by atoms with van der Waals surface area (Å²) >= 11 is 0. The fraction of sp³-hybridized carbons (Fsp3) is 0.562. The van der Waals surface area contributed by atoms with Gasteiger partial charge in [-0.1, -0.05) is 31.5 Å². The van der Waals surface area contributed by atoms with Crippen LogP contribution < -0.4 is 0 Å². The molecule has 0 saturated heterocycles. The lowest BCUT2D eigenvalue weighted by Gasteiger charge is -2.20. The van der Waals surface area contributed by atoms with Gasteiger partial charge in [0.1, 0.15) is 5.78 Å². The van der Waals surface area contributed by atoms with Crippen LogP contribution in [0, 0.1) is 32.6 Å². The first kappa shape index (κ1) is 14.0. The highest BCUT2D eigenvalue weighted by Crippen LogP contribution is 2.24. The first-order valence-corrected chi connectivity index (χ1v) is 6.40. The second-order valence-corrected chi connectivity index (χ2v) is 5.54. The molecule has 1 heteroatoms. The SMILES string of the molecule is CC(=O)C(Cc1c(C)cc(C)cc1C)C(C)C. The van der Waals surface area contributed by atoms with Gasteiger partial charge in [0.05, 0.1) is 0 Å². The Kier molecular flexibility index (Phi) is 4.50. The minimum atomic E-state index is 0.148. The molecular formula is C16H24O. The standard InChI is InChI=1S/C16H24O/c1-10(2)15(14(6)17)9-16-12(4)7-11(3)8-13(16)5/h7-8,10,15H,9H2,1-6H3. The number of ketones is 1. The van der Waals surface area contributed by atoms with Crippen LogP contribution in [0.4, 0.5) is 0 Å². The maximum absolute atomic E-state index is 11.7. The monoisotopic (exact) mass is 232 g/mol. The zero-order valence-corrected chi connectivity index (χ0v) is 11.9. The summed E-state index contributed by atoms with van der Waals surface area (Å²) in [6.07, 6.45) is 0.880. The van der Waals surface area contributed by atoms with Gasteiger partial charge < -0.3 is 0 Å². The third-order valence-corrected chi connectivity index (χ3v) is 3.59. The van der Waals surface area contributed by atoms with Crippen LogP contribution in [0.2, 0.25) is 0 Å². The smallest absolute Gasteiger partial charge is 0.133 e. The predicted octanol–water partition coefficient (Wildman–Crippen LogP) is 4.02. The van der Waals surface area contributed by atoms with Crippen molar-refractivity contribution in [3.8, 4) is 0 Å². The molecule has 1 rings (SSSR count). The van der Waals surface area contributed by atoms with Crippen molar-refractivity contribution < 1.29 is 4.79 Å². The second kappa shape index (κ2) is 5.48. The Labute approximate surface area is 105 Å². The zero-order chi connectivity index (χ0) is 13.2. The van der Waals surface area contributed by atoms with Crippen molar-refractivity contribution in [1.82, 2.24) is 0 Å². The Bertz CT molecular complexity index is 393. The number of carbonyl (C=O) groups excluding carboxylic acids is 1. The summed E-state index contributed by atoms with van der Waals surface area (Å²) in [5.74, 6) is 0.863.